The molecule has 0 aliphatic heterocycles. The number of ether oxygens (including phenoxy) is 1. The molecule has 0 fully saturated rings. The first-order valence-electron chi connectivity index (χ1n) is 4.61. The normalized spacial score (nSPS) is 13.9. The zero-order valence-electron chi connectivity index (χ0n) is 8.68. The summed E-state index contributed by atoms with van der Waals surface area (Å²) in [5, 5.41) is 0. The Kier molecular flexibility index (Phi) is 5.01. The van der Waals surface area contributed by atoms with E-state index in [1.54, 1.807) is 0 Å². The van der Waals surface area contributed by atoms with Crippen molar-refractivity contribution >= 4 is 0 Å². The van der Waals surface area contributed by atoms with Crippen LogP contribution in [-0.2, 0) is 4.74 Å². The highest BCUT2D eigenvalue weighted by atomic mass is 16.5. The molecule has 1 nitrogen and oxygen atoms in total. The summed E-state index contributed by atoms with van der Waals surface area (Å²) in [7, 11) is 0. The van der Waals surface area contributed by atoms with Crippen LogP contribution in [0.1, 0.15) is 47.0 Å². The molecule has 0 N–H and O–H groups in total. The Hall–Kier alpha value is -0.480. The summed E-state index contributed by atoms with van der Waals surface area (Å²) in [5.74, 6) is 2.65. The predicted molar refractivity (Wildman–Crippen MR) is 53.0 cm³/mol. The summed E-state index contributed by atoms with van der Waals surface area (Å²) in [6, 6.07) is 0. The molecule has 0 aliphatic rings. The lowest BCUT2D eigenvalue weighted by Crippen LogP contribution is -2.27. The van der Waals surface area contributed by atoms with Gasteiger partial charge in [-0.3, -0.25) is 0 Å². The lowest BCUT2D eigenvalue weighted by atomic mass is 10.1. The third-order valence-corrected chi connectivity index (χ3v) is 1.48. The van der Waals surface area contributed by atoms with Crippen LogP contribution in [0.3, 0.4) is 0 Å². The first-order chi connectivity index (χ1) is 5.49. The fourth-order valence-corrected chi connectivity index (χ4v) is 1.16. The second-order valence-corrected chi connectivity index (χ2v) is 4.05. The largest absolute Gasteiger partial charge is 0.372 e. The van der Waals surface area contributed by atoms with Crippen molar-refractivity contribution in [3.05, 3.63) is 0 Å². The Bertz CT molecular complexity index is 147. The maximum absolute atomic E-state index is 5.78. The molecule has 0 saturated heterocycles. The third-order valence-electron chi connectivity index (χ3n) is 1.48. The average Bonchev–Trinajstić information content (AvgIpc) is 1.84. The Balaban J connectivity index is 3.88. The molecule has 1 unspecified atom stereocenters. The molecule has 1 atom stereocenters. The van der Waals surface area contributed by atoms with Crippen LogP contribution < -0.4 is 0 Å². The molecule has 0 rings (SSSR count). The van der Waals surface area contributed by atoms with Crippen molar-refractivity contribution in [2.75, 3.05) is 0 Å². The van der Waals surface area contributed by atoms with Gasteiger partial charge in [-0.15, -0.1) is 12.3 Å². The molecule has 0 radical (unpaired) electrons. The van der Waals surface area contributed by atoms with Crippen LogP contribution in [-0.4, -0.2) is 11.7 Å². The molecule has 0 aromatic carbocycles. The van der Waals surface area contributed by atoms with E-state index in [2.05, 4.69) is 33.6 Å². The van der Waals surface area contributed by atoms with Crippen LogP contribution in [0.15, 0.2) is 0 Å². The van der Waals surface area contributed by atoms with Gasteiger partial charge in [0.2, 0.25) is 0 Å². The van der Waals surface area contributed by atoms with E-state index in [1.165, 1.54) is 0 Å². The van der Waals surface area contributed by atoms with Crippen molar-refractivity contribution in [3.63, 3.8) is 0 Å². The second kappa shape index (κ2) is 5.22. The van der Waals surface area contributed by atoms with Crippen molar-refractivity contribution in [3.8, 4) is 12.3 Å². The summed E-state index contributed by atoms with van der Waals surface area (Å²) in [5.41, 5.74) is -0.0727. The number of rotatable bonds is 4. The Labute approximate surface area is 76.5 Å². The van der Waals surface area contributed by atoms with Gasteiger partial charge in [0.05, 0.1) is 11.7 Å². The maximum atomic E-state index is 5.78. The molecule has 0 bridgehead atoms. The van der Waals surface area contributed by atoms with Gasteiger partial charge in [-0.2, -0.15) is 0 Å². The van der Waals surface area contributed by atoms with Crippen LogP contribution in [0.2, 0.25) is 0 Å². The summed E-state index contributed by atoms with van der Waals surface area (Å²) in [6.07, 6.45) is 8.40. The van der Waals surface area contributed by atoms with Crippen LogP contribution in [0, 0.1) is 12.3 Å². The topological polar surface area (TPSA) is 9.23 Å². The fourth-order valence-electron chi connectivity index (χ4n) is 1.16. The monoisotopic (exact) mass is 168 g/mol. The van der Waals surface area contributed by atoms with Gasteiger partial charge in [-0.05, 0) is 27.2 Å². The first kappa shape index (κ1) is 11.5. The lowest BCUT2D eigenvalue weighted by molar-refractivity contribution is -0.0605. The summed E-state index contributed by atoms with van der Waals surface area (Å²) >= 11 is 0. The fraction of sp³-hybridized carbons (Fsp3) is 0.818. The molecule has 0 aromatic heterocycles. The zero-order valence-corrected chi connectivity index (χ0v) is 8.68. The smallest absolute Gasteiger partial charge is 0.0691 e. The SMILES string of the molecule is C#CCC(CCC)OC(C)(C)C. The average molecular weight is 168 g/mol. The van der Waals surface area contributed by atoms with E-state index in [4.69, 9.17) is 11.2 Å². The Morgan fingerprint density at radius 3 is 2.33 bits per heavy atom. The molecule has 0 heterocycles. The van der Waals surface area contributed by atoms with Crippen molar-refractivity contribution in [1.29, 1.82) is 0 Å². The van der Waals surface area contributed by atoms with Crippen LogP contribution in [0.25, 0.3) is 0 Å². The summed E-state index contributed by atoms with van der Waals surface area (Å²) < 4.78 is 5.78. The molecule has 0 saturated carbocycles. The van der Waals surface area contributed by atoms with Gasteiger partial charge in [0, 0.05) is 6.42 Å². The van der Waals surface area contributed by atoms with Gasteiger partial charge >= 0.3 is 0 Å². The van der Waals surface area contributed by atoms with Crippen molar-refractivity contribution in [2.24, 2.45) is 0 Å². The molecular formula is C11H20O. The van der Waals surface area contributed by atoms with E-state index in [1.807, 2.05) is 0 Å². The van der Waals surface area contributed by atoms with E-state index in [9.17, 15) is 0 Å². The first-order valence-corrected chi connectivity index (χ1v) is 4.61. The second-order valence-electron chi connectivity index (χ2n) is 4.05. The number of hydrogen-bond donors (Lipinski definition) is 0. The van der Waals surface area contributed by atoms with Gasteiger partial charge < -0.3 is 4.74 Å². The molecule has 0 aromatic rings. The van der Waals surface area contributed by atoms with Gasteiger partial charge in [0.1, 0.15) is 0 Å². The number of terminal acetylenes is 1. The van der Waals surface area contributed by atoms with Crippen LogP contribution in [0.4, 0.5) is 0 Å². The molecule has 0 aliphatic carbocycles. The minimum atomic E-state index is -0.0727. The van der Waals surface area contributed by atoms with E-state index < -0.39 is 0 Å². The molecular weight excluding hydrogens is 148 g/mol. The highest BCUT2D eigenvalue weighted by molar-refractivity contribution is 4.88. The molecule has 1 heteroatoms. The minimum Gasteiger partial charge on any atom is -0.372 e. The molecule has 70 valence electrons. The highest BCUT2D eigenvalue weighted by Gasteiger charge is 2.16. The summed E-state index contributed by atoms with van der Waals surface area (Å²) in [4.78, 5) is 0. The molecule has 12 heavy (non-hydrogen) atoms. The predicted octanol–water partition coefficient (Wildman–Crippen LogP) is 2.99. The van der Waals surface area contributed by atoms with Gasteiger partial charge in [0.25, 0.3) is 0 Å². The minimum absolute atomic E-state index is 0.0727. The molecule has 0 spiro atoms. The van der Waals surface area contributed by atoms with Gasteiger partial charge in [0.15, 0.2) is 0 Å². The van der Waals surface area contributed by atoms with Gasteiger partial charge in [-0.1, -0.05) is 13.3 Å². The Morgan fingerprint density at radius 2 is 2.00 bits per heavy atom. The van der Waals surface area contributed by atoms with Crippen molar-refractivity contribution < 1.29 is 4.74 Å². The lowest BCUT2D eigenvalue weighted by Gasteiger charge is -2.26. The maximum Gasteiger partial charge on any atom is 0.0691 e. The highest BCUT2D eigenvalue weighted by Crippen LogP contribution is 2.16. The zero-order chi connectivity index (χ0) is 9.61. The quantitative estimate of drug-likeness (QED) is 0.586. The van der Waals surface area contributed by atoms with E-state index >= 15 is 0 Å². The van der Waals surface area contributed by atoms with Crippen LogP contribution >= 0.6 is 0 Å². The molecule has 0 amide bonds. The third kappa shape index (κ3) is 6.24. The standard InChI is InChI=1S/C11H20O/c1-6-8-10(9-7-2)12-11(3,4)5/h1,10H,7-9H2,2-5H3. The van der Waals surface area contributed by atoms with Crippen molar-refractivity contribution in [2.45, 2.75) is 58.7 Å². The number of hydrogen-bond acceptors (Lipinski definition) is 1. The van der Waals surface area contributed by atoms with E-state index in [0.717, 1.165) is 19.3 Å². The Morgan fingerprint density at radius 1 is 1.42 bits per heavy atom. The van der Waals surface area contributed by atoms with Gasteiger partial charge in [-0.25, -0.2) is 0 Å². The van der Waals surface area contributed by atoms with Crippen LogP contribution in [0.5, 0.6) is 0 Å². The van der Waals surface area contributed by atoms with Crippen molar-refractivity contribution in [1.82, 2.24) is 0 Å². The van der Waals surface area contributed by atoms with E-state index in [0.29, 0.717) is 0 Å². The van der Waals surface area contributed by atoms with E-state index in [-0.39, 0.29) is 11.7 Å². The summed E-state index contributed by atoms with van der Waals surface area (Å²) in [6.45, 7) is 8.33.